The Morgan fingerprint density at radius 1 is 1.12 bits per heavy atom. The summed E-state index contributed by atoms with van der Waals surface area (Å²) in [6, 6.07) is 2.65. The summed E-state index contributed by atoms with van der Waals surface area (Å²) in [6.07, 6.45) is 1.71. The average Bonchev–Trinajstić information content (AvgIpc) is 3.29. The van der Waals surface area contributed by atoms with Gasteiger partial charge in [-0.25, -0.2) is 9.97 Å². The number of nitrogens with one attached hydrogen (secondary N) is 2. The van der Waals surface area contributed by atoms with E-state index < -0.39 is 17.8 Å². The third kappa shape index (κ3) is 4.48. The molecule has 0 aliphatic carbocycles. The molecule has 0 radical (unpaired) electrons. The number of nitrogens with zero attached hydrogens (tertiary/aromatic N) is 5. The van der Waals surface area contributed by atoms with Gasteiger partial charge >= 0.3 is 6.18 Å². The minimum Gasteiger partial charge on any atom is -0.374 e. The Morgan fingerprint density at radius 3 is 2.76 bits per heavy atom. The molecule has 2 unspecified atom stereocenters. The number of carbonyl (C=O) groups excluding carboxylic acids is 1. The minimum atomic E-state index is -4.52. The highest BCUT2D eigenvalue weighted by atomic mass is 35.5. The van der Waals surface area contributed by atoms with Crippen LogP contribution in [0.5, 0.6) is 0 Å². The molecular weight excluding hydrogens is 471 g/mol. The molecule has 180 valence electrons. The number of piperidine rings is 2. The van der Waals surface area contributed by atoms with Crippen molar-refractivity contribution in [2.24, 2.45) is 0 Å². The molecule has 2 atom stereocenters. The second kappa shape index (κ2) is 8.94. The Morgan fingerprint density at radius 2 is 1.94 bits per heavy atom. The number of alkyl halides is 3. The van der Waals surface area contributed by atoms with Crippen LogP contribution in [0.4, 0.5) is 24.7 Å². The number of aromatic amines is 1. The number of hydrogen-bond donors (Lipinski definition) is 2. The zero-order valence-corrected chi connectivity index (χ0v) is 18.9. The lowest BCUT2D eigenvalue weighted by atomic mass is 9.97. The first-order chi connectivity index (χ1) is 16.3. The van der Waals surface area contributed by atoms with E-state index in [9.17, 15) is 18.0 Å². The molecule has 34 heavy (non-hydrogen) atoms. The van der Waals surface area contributed by atoms with Crippen LogP contribution in [0, 0.1) is 0 Å². The molecule has 2 aliphatic rings. The predicted molar refractivity (Wildman–Crippen MR) is 122 cm³/mol. The molecule has 2 N–H and O–H groups in total. The van der Waals surface area contributed by atoms with Crippen molar-refractivity contribution in [2.75, 3.05) is 29.9 Å². The van der Waals surface area contributed by atoms with E-state index in [0.717, 1.165) is 49.1 Å². The average molecular weight is 494 g/mol. The summed E-state index contributed by atoms with van der Waals surface area (Å²) in [5.41, 5.74) is -0.000218. The maximum atomic E-state index is 13.4. The molecule has 4 heterocycles. The highest BCUT2D eigenvalue weighted by Crippen LogP contribution is 2.34. The van der Waals surface area contributed by atoms with E-state index in [4.69, 9.17) is 11.6 Å². The van der Waals surface area contributed by atoms with Crippen LogP contribution < -0.4 is 10.2 Å². The van der Waals surface area contributed by atoms with Gasteiger partial charge in [-0.1, -0.05) is 11.6 Å². The SMILES string of the molecule is O=C1C(Nc2cc(Cl)cc(C(F)(F)F)c2)CCCN1C1CCCN(c2ncnc3[nH]ncc23)C1. The summed E-state index contributed by atoms with van der Waals surface area (Å²) < 4.78 is 39.5. The maximum Gasteiger partial charge on any atom is 0.416 e. The van der Waals surface area contributed by atoms with Gasteiger partial charge in [0.2, 0.25) is 5.91 Å². The molecule has 8 nitrogen and oxygen atoms in total. The molecule has 2 fully saturated rings. The summed E-state index contributed by atoms with van der Waals surface area (Å²) in [5.74, 6) is 0.670. The molecule has 5 rings (SSSR count). The Hall–Kier alpha value is -3.08. The van der Waals surface area contributed by atoms with E-state index in [1.54, 1.807) is 6.20 Å². The maximum absolute atomic E-state index is 13.4. The number of H-pyrrole nitrogens is 1. The van der Waals surface area contributed by atoms with Gasteiger partial charge in [-0.05, 0) is 43.9 Å². The molecule has 3 aromatic rings. The summed E-state index contributed by atoms with van der Waals surface area (Å²) >= 11 is 5.91. The van der Waals surface area contributed by atoms with Crippen molar-refractivity contribution in [2.45, 2.75) is 43.9 Å². The summed E-state index contributed by atoms with van der Waals surface area (Å²) in [6.45, 7) is 2.04. The van der Waals surface area contributed by atoms with Crippen LogP contribution in [0.25, 0.3) is 11.0 Å². The van der Waals surface area contributed by atoms with Gasteiger partial charge in [0.1, 0.15) is 18.2 Å². The lowest BCUT2D eigenvalue weighted by molar-refractivity contribution is -0.137. The number of rotatable bonds is 4. The first-order valence-corrected chi connectivity index (χ1v) is 11.5. The Balaban J connectivity index is 1.32. The number of benzene rings is 1. The van der Waals surface area contributed by atoms with Gasteiger partial charge in [0, 0.05) is 36.4 Å². The normalized spacial score (nSPS) is 21.8. The first kappa shape index (κ1) is 22.7. The lowest BCUT2D eigenvalue weighted by Gasteiger charge is -2.43. The van der Waals surface area contributed by atoms with E-state index in [1.807, 2.05) is 4.90 Å². The summed E-state index contributed by atoms with van der Waals surface area (Å²) in [7, 11) is 0. The fourth-order valence-electron chi connectivity index (χ4n) is 4.84. The largest absolute Gasteiger partial charge is 0.416 e. The van der Waals surface area contributed by atoms with Crippen molar-refractivity contribution in [3.05, 3.63) is 41.3 Å². The molecule has 0 bridgehead atoms. The minimum absolute atomic E-state index is 0.0205. The van der Waals surface area contributed by atoms with Gasteiger partial charge < -0.3 is 15.1 Å². The molecule has 0 saturated carbocycles. The number of amides is 1. The molecule has 0 spiro atoms. The standard InChI is InChI=1S/C22H23ClF3N7O/c23-14-7-13(22(24,25)26)8-15(9-14)30-18-4-2-6-33(21(18)34)16-3-1-5-32(11-16)20-17-10-29-31-19(17)27-12-28-20/h7-10,12,16,18,30H,1-6,11H2,(H,27,28,29,31). The van der Waals surface area contributed by atoms with Gasteiger partial charge in [-0.2, -0.15) is 18.3 Å². The van der Waals surface area contributed by atoms with Crippen LogP contribution in [0.15, 0.2) is 30.7 Å². The van der Waals surface area contributed by atoms with Crippen molar-refractivity contribution >= 4 is 40.0 Å². The van der Waals surface area contributed by atoms with Crippen LogP contribution in [-0.4, -0.2) is 62.7 Å². The molecule has 1 aromatic carbocycles. The van der Waals surface area contributed by atoms with Crippen LogP contribution in [0.3, 0.4) is 0 Å². The van der Waals surface area contributed by atoms with E-state index in [-0.39, 0.29) is 22.7 Å². The van der Waals surface area contributed by atoms with Crippen LogP contribution in [0.1, 0.15) is 31.2 Å². The van der Waals surface area contributed by atoms with Crippen LogP contribution in [0.2, 0.25) is 5.02 Å². The molecular formula is C22H23ClF3N7O. The molecule has 2 saturated heterocycles. The number of carbonyl (C=O) groups is 1. The number of anilines is 2. The van der Waals surface area contributed by atoms with Gasteiger partial charge in [0.05, 0.1) is 17.1 Å². The van der Waals surface area contributed by atoms with Crippen LogP contribution >= 0.6 is 11.6 Å². The zero-order valence-electron chi connectivity index (χ0n) is 18.1. The number of aromatic nitrogens is 4. The van der Waals surface area contributed by atoms with Crippen LogP contribution in [-0.2, 0) is 11.0 Å². The summed E-state index contributed by atoms with van der Waals surface area (Å²) in [4.78, 5) is 26.0. The van der Waals surface area contributed by atoms with Gasteiger partial charge in [-0.15, -0.1) is 0 Å². The number of halogens is 4. The fraction of sp³-hybridized carbons (Fsp3) is 0.455. The number of hydrogen-bond acceptors (Lipinski definition) is 6. The topological polar surface area (TPSA) is 90.0 Å². The molecule has 2 aliphatic heterocycles. The van der Waals surface area contributed by atoms with Crippen molar-refractivity contribution in [1.82, 2.24) is 25.1 Å². The van der Waals surface area contributed by atoms with Crippen molar-refractivity contribution in [3.63, 3.8) is 0 Å². The van der Waals surface area contributed by atoms with Crippen molar-refractivity contribution < 1.29 is 18.0 Å². The van der Waals surface area contributed by atoms with E-state index in [1.165, 1.54) is 12.4 Å². The van der Waals surface area contributed by atoms with Crippen molar-refractivity contribution in [1.29, 1.82) is 0 Å². The predicted octanol–water partition coefficient (Wildman–Crippen LogP) is 4.10. The Labute approximate surface area is 198 Å². The van der Waals surface area contributed by atoms with E-state index in [0.29, 0.717) is 25.2 Å². The van der Waals surface area contributed by atoms with Gasteiger partial charge in [-0.3, -0.25) is 9.89 Å². The second-order valence-electron chi connectivity index (χ2n) is 8.67. The quantitative estimate of drug-likeness (QED) is 0.569. The molecule has 12 heteroatoms. The second-order valence-corrected chi connectivity index (χ2v) is 9.11. The van der Waals surface area contributed by atoms with E-state index >= 15 is 0 Å². The third-order valence-corrected chi connectivity index (χ3v) is 6.62. The summed E-state index contributed by atoms with van der Waals surface area (Å²) in [5, 5.41) is 10.7. The fourth-order valence-corrected chi connectivity index (χ4v) is 5.07. The van der Waals surface area contributed by atoms with Crippen molar-refractivity contribution in [3.8, 4) is 0 Å². The molecule has 1 amide bonds. The van der Waals surface area contributed by atoms with E-state index in [2.05, 4.69) is 30.4 Å². The monoisotopic (exact) mass is 493 g/mol. The highest BCUT2D eigenvalue weighted by Gasteiger charge is 2.36. The van der Waals surface area contributed by atoms with Gasteiger partial charge in [0.25, 0.3) is 0 Å². The van der Waals surface area contributed by atoms with Gasteiger partial charge in [0.15, 0.2) is 5.65 Å². The Kier molecular flexibility index (Phi) is 5.97. The third-order valence-electron chi connectivity index (χ3n) is 6.40. The zero-order chi connectivity index (χ0) is 23.9. The lowest BCUT2D eigenvalue weighted by Crippen LogP contribution is -2.56. The first-order valence-electron chi connectivity index (χ1n) is 11.1. The molecule has 2 aromatic heterocycles. The number of fused-ring (bicyclic) bond motifs is 1. The highest BCUT2D eigenvalue weighted by molar-refractivity contribution is 6.31. The smallest absolute Gasteiger partial charge is 0.374 e. The number of likely N-dealkylation sites (tertiary alicyclic amines) is 1. The Bertz CT molecular complexity index is 1200.